The molecular formula is C17H19NO2. The average Bonchev–Trinajstić information content (AvgIpc) is 2.50. The summed E-state index contributed by atoms with van der Waals surface area (Å²) < 4.78 is 5.70. The van der Waals surface area contributed by atoms with Crippen molar-refractivity contribution in [3.63, 3.8) is 0 Å². The Bertz CT molecular complexity index is 549. The fourth-order valence-electron chi connectivity index (χ4n) is 1.73. The molecule has 0 heterocycles. The van der Waals surface area contributed by atoms with Gasteiger partial charge in [-0.05, 0) is 49.7 Å². The minimum Gasteiger partial charge on any atom is -0.491 e. The molecule has 0 bridgehead atoms. The van der Waals surface area contributed by atoms with E-state index in [1.165, 1.54) is 0 Å². The van der Waals surface area contributed by atoms with Gasteiger partial charge in [-0.1, -0.05) is 25.1 Å². The quantitative estimate of drug-likeness (QED) is 0.886. The molecule has 1 N–H and O–H groups in total. The first-order valence-corrected chi connectivity index (χ1v) is 6.82. The molecule has 0 aliphatic carbocycles. The van der Waals surface area contributed by atoms with E-state index in [1.54, 1.807) is 12.1 Å². The van der Waals surface area contributed by atoms with Crippen molar-refractivity contribution in [3.05, 3.63) is 60.2 Å². The molecule has 1 unspecified atom stereocenters. The van der Waals surface area contributed by atoms with E-state index >= 15 is 0 Å². The van der Waals surface area contributed by atoms with Gasteiger partial charge in [0.15, 0.2) is 0 Å². The first kappa shape index (κ1) is 14.1. The highest BCUT2D eigenvalue weighted by atomic mass is 16.5. The normalized spacial score (nSPS) is 11.7. The summed E-state index contributed by atoms with van der Waals surface area (Å²) in [6.07, 6.45) is 1.16. The third-order valence-electron chi connectivity index (χ3n) is 3.06. The molecule has 2 aromatic rings. The number of benzene rings is 2. The van der Waals surface area contributed by atoms with Crippen molar-refractivity contribution in [1.82, 2.24) is 0 Å². The van der Waals surface area contributed by atoms with Crippen molar-refractivity contribution >= 4 is 11.6 Å². The molecule has 2 aromatic carbocycles. The number of hydrogen-bond donors (Lipinski definition) is 1. The van der Waals surface area contributed by atoms with E-state index in [0.717, 1.165) is 17.9 Å². The minimum atomic E-state index is -0.110. The van der Waals surface area contributed by atoms with Crippen LogP contribution in [0.4, 0.5) is 5.69 Å². The maximum Gasteiger partial charge on any atom is 0.255 e. The number of carbonyl (C=O) groups is 1. The molecular weight excluding hydrogens is 250 g/mol. The molecule has 0 fully saturated rings. The summed E-state index contributed by atoms with van der Waals surface area (Å²) in [6, 6.07) is 16.6. The van der Waals surface area contributed by atoms with E-state index in [1.807, 2.05) is 49.4 Å². The number of rotatable bonds is 5. The van der Waals surface area contributed by atoms with Crippen LogP contribution in [0.25, 0.3) is 0 Å². The fourth-order valence-corrected chi connectivity index (χ4v) is 1.73. The highest BCUT2D eigenvalue weighted by Crippen LogP contribution is 2.18. The second kappa shape index (κ2) is 6.75. The molecule has 3 nitrogen and oxygen atoms in total. The molecule has 0 saturated heterocycles. The van der Waals surface area contributed by atoms with Crippen molar-refractivity contribution in [2.45, 2.75) is 26.4 Å². The Hall–Kier alpha value is -2.29. The summed E-state index contributed by atoms with van der Waals surface area (Å²) in [5.74, 6) is 0.707. The van der Waals surface area contributed by atoms with Gasteiger partial charge in [0, 0.05) is 11.3 Å². The molecule has 20 heavy (non-hydrogen) atoms. The van der Waals surface area contributed by atoms with Crippen molar-refractivity contribution in [3.8, 4) is 5.75 Å². The molecule has 1 amide bonds. The Kier molecular flexibility index (Phi) is 4.77. The predicted molar refractivity (Wildman–Crippen MR) is 81.2 cm³/mol. The first-order valence-electron chi connectivity index (χ1n) is 6.82. The standard InChI is InChI=1S/C17H19NO2/c1-3-13(2)20-16-11-9-15(10-12-16)18-17(19)14-7-5-4-6-8-14/h4-13H,3H2,1-2H3,(H,18,19). The maximum atomic E-state index is 12.0. The molecule has 104 valence electrons. The van der Waals surface area contributed by atoms with Crippen LogP contribution in [0, 0.1) is 0 Å². The highest BCUT2D eigenvalue weighted by Gasteiger charge is 2.05. The van der Waals surface area contributed by atoms with Gasteiger partial charge < -0.3 is 10.1 Å². The van der Waals surface area contributed by atoms with E-state index < -0.39 is 0 Å². The lowest BCUT2D eigenvalue weighted by molar-refractivity contribution is 0.102. The van der Waals surface area contributed by atoms with Crippen LogP contribution in [-0.4, -0.2) is 12.0 Å². The van der Waals surface area contributed by atoms with Gasteiger partial charge in [-0.3, -0.25) is 4.79 Å². The summed E-state index contributed by atoms with van der Waals surface area (Å²) in [6.45, 7) is 4.12. The van der Waals surface area contributed by atoms with Gasteiger partial charge in [0.05, 0.1) is 6.10 Å². The van der Waals surface area contributed by atoms with Crippen LogP contribution in [0.5, 0.6) is 5.75 Å². The smallest absolute Gasteiger partial charge is 0.255 e. The second-order valence-corrected chi connectivity index (χ2v) is 4.68. The Balaban J connectivity index is 1.99. The van der Waals surface area contributed by atoms with Crippen LogP contribution < -0.4 is 10.1 Å². The topological polar surface area (TPSA) is 38.3 Å². The van der Waals surface area contributed by atoms with E-state index in [9.17, 15) is 4.79 Å². The summed E-state index contributed by atoms with van der Waals surface area (Å²) >= 11 is 0. The Morgan fingerprint density at radius 3 is 2.35 bits per heavy atom. The van der Waals surface area contributed by atoms with E-state index in [2.05, 4.69) is 12.2 Å². The van der Waals surface area contributed by atoms with Crippen molar-refractivity contribution < 1.29 is 9.53 Å². The maximum absolute atomic E-state index is 12.0. The Morgan fingerprint density at radius 2 is 1.75 bits per heavy atom. The van der Waals surface area contributed by atoms with Crippen LogP contribution in [-0.2, 0) is 0 Å². The molecule has 0 aliphatic heterocycles. The van der Waals surface area contributed by atoms with Crippen molar-refractivity contribution in [2.75, 3.05) is 5.32 Å². The number of carbonyl (C=O) groups excluding carboxylic acids is 1. The summed E-state index contributed by atoms with van der Waals surface area (Å²) in [4.78, 5) is 12.0. The Labute approximate surface area is 119 Å². The fraction of sp³-hybridized carbons (Fsp3) is 0.235. The molecule has 0 aromatic heterocycles. The van der Waals surface area contributed by atoms with Gasteiger partial charge in [0.1, 0.15) is 5.75 Å². The first-order chi connectivity index (χ1) is 9.69. The second-order valence-electron chi connectivity index (χ2n) is 4.68. The molecule has 1 atom stereocenters. The van der Waals surface area contributed by atoms with Crippen molar-refractivity contribution in [2.24, 2.45) is 0 Å². The van der Waals surface area contributed by atoms with Gasteiger partial charge in [-0.15, -0.1) is 0 Å². The number of nitrogens with one attached hydrogen (secondary N) is 1. The highest BCUT2D eigenvalue weighted by molar-refractivity contribution is 6.04. The van der Waals surface area contributed by atoms with E-state index in [4.69, 9.17) is 4.74 Å². The van der Waals surface area contributed by atoms with Gasteiger partial charge in [0.25, 0.3) is 5.91 Å². The number of ether oxygens (including phenoxy) is 1. The summed E-state index contributed by atoms with van der Waals surface area (Å²) in [5, 5.41) is 2.86. The third kappa shape index (κ3) is 3.85. The summed E-state index contributed by atoms with van der Waals surface area (Å²) in [5.41, 5.74) is 1.41. The van der Waals surface area contributed by atoms with Crippen LogP contribution in [0.2, 0.25) is 0 Å². The zero-order chi connectivity index (χ0) is 14.4. The largest absolute Gasteiger partial charge is 0.491 e. The molecule has 2 rings (SSSR count). The van der Waals surface area contributed by atoms with Gasteiger partial charge in [-0.2, -0.15) is 0 Å². The average molecular weight is 269 g/mol. The third-order valence-corrected chi connectivity index (χ3v) is 3.06. The van der Waals surface area contributed by atoms with Crippen molar-refractivity contribution in [1.29, 1.82) is 0 Å². The van der Waals surface area contributed by atoms with Crippen LogP contribution in [0.15, 0.2) is 54.6 Å². The number of hydrogen-bond acceptors (Lipinski definition) is 2. The SMILES string of the molecule is CCC(C)Oc1ccc(NC(=O)c2ccccc2)cc1. The Morgan fingerprint density at radius 1 is 1.10 bits per heavy atom. The number of amides is 1. The van der Waals surface area contributed by atoms with Gasteiger partial charge >= 0.3 is 0 Å². The lowest BCUT2D eigenvalue weighted by atomic mass is 10.2. The monoisotopic (exact) mass is 269 g/mol. The van der Waals surface area contributed by atoms with E-state index in [0.29, 0.717) is 5.56 Å². The molecule has 0 saturated carbocycles. The summed E-state index contributed by atoms with van der Waals surface area (Å²) in [7, 11) is 0. The zero-order valence-electron chi connectivity index (χ0n) is 11.8. The zero-order valence-corrected chi connectivity index (χ0v) is 11.8. The van der Waals surface area contributed by atoms with Gasteiger partial charge in [0.2, 0.25) is 0 Å². The molecule has 0 radical (unpaired) electrons. The van der Waals surface area contributed by atoms with Gasteiger partial charge in [-0.25, -0.2) is 0 Å². The van der Waals surface area contributed by atoms with Crippen LogP contribution >= 0.6 is 0 Å². The lowest BCUT2D eigenvalue weighted by Crippen LogP contribution is -2.12. The molecule has 0 aliphatic rings. The predicted octanol–water partition coefficient (Wildman–Crippen LogP) is 4.12. The number of anilines is 1. The van der Waals surface area contributed by atoms with Crippen LogP contribution in [0.3, 0.4) is 0 Å². The lowest BCUT2D eigenvalue weighted by Gasteiger charge is -2.13. The van der Waals surface area contributed by atoms with E-state index in [-0.39, 0.29) is 12.0 Å². The molecule has 3 heteroatoms. The minimum absolute atomic E-state index is 0.110. The molecule has 0 spiro atoms. The van der Waals surface area contributed by atoms with Crippen LogP contribution in [0.1, 0.15) is 30.6 Å².